The van der Waals surface area contributed by atoms with Crippen LogP contribution in [0, 0.1) is 0 Å². The van der Waals surface area contributed by atoms with Crippen LogP contribution in [0.5, 0.6) is 0 Å². The Balaban J connectivity index is 1.95. The highest BCUT2D eigenvalue weighted by molar-refractivity contribution is 7.11. The number of morpholine rings is 1. The molecule has 1 aromatic rings. The Morgan fingerprint density at radius 1 is 1.47 bits per heavy atom. The van der Waals surface area contributed by atoms with Crippen molar-refractivity contribution in [2.24, 2.45) is 0 Å². The molecule has 2 heterocycles. The third-order valence-electron chi connectivity index (χ3n) is 3.21. The van der Waals surface area contributed by atoms with Gasteiger partial charge < -0.3 is 10.1 Å². The van der Waals surface area contributed by atoms with E-state index in [1.807, 2.05) is 18.4 Å². The van der Waals surface area contributed by atoms with Crippen LogP contribution in [-0.4, -0.2) is 44.3 Å². The van der Waals surface area contributed by atoms with Crippen LogP contribution in [0.25, 0.3) is 0 Å². The minimum atomic E-state index is 0.515. The number of thiophene rings is 1. The van der Waals surface area contributed by atoms with Gasteiger partial charge >= 0.3 is 0 Å². The highest BCUT2D eigenvalue weighted by Crippen LogP contribution is 2.20. The van der Waals surface area contributed by atoms with Crippen molar-refractivity contribution >= 4 is 11.3 Å². The van der Waals surface area contributed by atoms with Crippen LogP contribution in [0.4, 0.5) is 0 Å². The first kappa shape index (κ1) is 13.0. The lowest BCUT2D eigenvalue weighted by Gasteiger charge is -2.35. The molecule has 0 saturated carbocycles. The molecule has 0 bridgehead atoms. The number of nitrogens with one attached hydrogen (secondary N) is 1. The number of aryl methyl sites for hydroxylation is 1. The Morgan fingerprint density at radius 2 is 2.29 bits per heavy atom. The maximum atomic E-state index is 5.55. The molecule has 2 rings (SSSR count). The van der Waals surface area contributed by atoms with E-state index in [1.54, 1.807) is 0 Å². The van der Waals surface area contributed by atoms with Crippen LogP contribution in [-0.2, 0) is 17.7 Å². The smallest absolute Gasteiger partial charge is 0.0635 e. The van der Waals surface area contributed by atoms with Crippen LogP contribution in [0.3, 0.4) is 0 Å². The van der Waals surface area contributed by atoms with Crippen molar-refractivity contribution in [2.75, 3.05) is 33.4 Å². The number of rotatable bonds is 5. The summed E-state index contributed by atoms with van der Waals surface area (Å²) in [5.74, 6) is 0. The van der Waals surface area contributed by atoms with Crippen molar-refractivity contribution in [1.29, 1.82) is 0 Å². The SMILES string of the molecule is CCc1ccc(CN2CCOCC2CNC)s1. The summed E-state index contributed by atoms with van der Waals surface area (Å²) in [6.45, 7) is 7.06. The lowest BCUT2D eigenvalue weighted by atomic mass is 10.2. The zero-order chi connectivity index (χ0) is 12.1. The summed E-state index contributed by atoms with van der Waals surface area (Å²) < 4.78 is 5.55. The van der Waals surface area contributed by atoms with Gasteiger partial charge in [0.2, 0.25) is 0 Å². The minimum absolute atomic E-state index is 0.515. The fraction of sp³-hybridized carbons (Fsp3) is 0.692. The normalized spacial score (nSPS) is 21.9. The van der Waals surface area contributed by atoms with Gasteiger partial charge in [0.15, 0.2) is 0 Å². The molecule has 1 aliphatic heterocycles. The average molecular weight is 254 g/mol. The summed E-state index contributed by atoms with van der Waals surface area (Å²) in [7, 11) is 2.01. The summed E-state index contributed by atoms with van der Waals surface area (Å²) in [5, 5.41) is 3.25. The molecule has 1 N–H and O–H groups in total. The third-order valence-corrected chi connectivity index (χ3v) is 4.43. The molecule has 96 valence electrons. The first-order valence-electron chi connectivity index (χ1n) is 6.37. The van der Waals surface area contributed by atoms with E-state index in [2.05, 4.69) is 29.3 Å². The van der Waals surface area contributed by atoms with Gasteiger partial charge in [-0.3, -0.25) is 4.90 Å². The predicted molar refractivity (Wildman–Crippen MR) is 72.6 cm³/mol. The Kier molecular flexibility index (Phi) is 4.98. The summed E-state index contributed by atoms with van der Waals surface area (Å²) in [6, 6.07) is 5.05. The molecule has 4 heteroatoms. The van der Waals surface area contributed by atoms with Crippen LogP contribution in [0.1, 0.15) is 16.7 Å². The fourth-order valence-electron chi connectivity index (χ4n) is 2.22. The second-order valence-corrected chi connectivity index (χ2v) is 5.73. The number of likely N-dealkylation sites (N-methyl/N-ethyl adjacent to an activating group) is 1. The standard InChI is InChI=1S/C13H22N2OS/c1-3-12-4-5-13(17-12)9-15-6-7-16-10-11(15)8-14-2/h4-5,11,14H,3,6-10H2,1-2H3. The molecular formula is C13H22N2OS. The highest BCUT2D eigenvalue weighted by atomic mass is 32.1. The largest absolute Gasteiger partial charge is 0.378 e. The van der Waals surface area contributed by atoms with Crippen molar-refractivity contribution in [3.05, 3.63) is 21.9 Å². The molecule has 1 saturated heterocycles. The average Bonchev–Trinajstić information content (AvgIpc) is 2.80. The molecule has 0 spiro atoms. The number of hydrogen-bond acceptors (Lipinski definition) is 4. The fourth-order valence-corrected chi connectivity index (χ4v) is 3.20. The molecule has 17 heavy (non-hydrogen) atoms. The van der Waals surface area contributed by atoms with Gasteiger partial charge in [0.25, 0.3) is 0 Å². The molecule has 1 aromatic heterocycles. The van der Waals surface area contributed by atoms with Crippen LogP contribution in [0.15, 0.2) is 12.1 Å². The summed E-state index contributed by atoms with van der Waals surface area (Å²) in [6.07, 6.45) is 1.15. The van der Waals surface area contributed by atoms with Gasteiger partial charge in [-0.25, -0.2) is 0 Å². The maximum absolute atomic E-state index is 5.55. The number of hydrogen-bond donors (Lipinski definition) is 1. The summed E-state index contributed by atoms with van der Waals surface area (Å²) in [4.78, 5) is 5.49. The van der Waals surface area contributed by atoms with Gasteiger partial charge in [0, 0.05) is 35.4 Å². The van der Waals surface area contributed by atoms with Gasteiger partial charge in [-0.05, 0) is 25.6 Å². The molecule has 0 aliphatic carbocycles. The Morgan fingerprint density at radius 3 is 3.00 bits per heavy atom. The van der Waals surface area contributed by atoms with E-state index in [0.29, 0.717) is 6.04 Å². The second kappa shape index (κ2) is 6.50. The molecule has 1 atom stereocenters. The van der Waals surface area contributed by atoms with Crippen LogP contribution in [0.2, 0.25) is 0 Å². The molecule has 3 nitrogen and oxygen atoms in total. The first-order chi connectivity index (χ1) is 8.33. The molecule has 1 unspecified atom stereocenters. The van der Waals surface area contributed by atoms with E-state index in [4.69, 9.17) is 4.74 Å². The van der Waals surface area contributed by atoms with E-state index in [9.17, 15) is 0 Å². The van der Waals surface area contributed by atoms with Crippen molar-refractivity contribution in [3.63, 3.8) is 0 Å². The lowest BCUT2D eigenvalue weighted by Crippen LogP contribution is -2.49. The van der Waals surface area contributed by atoms with Gasteiger partial charge in [-0.2, -0.15) is 0 Å². The minimum Gasteiger partial charge on any atom is -0.378 e. The molecule has 1 fully saturated rings. The van der Waals surface area contributed by atoms with Crippen LogP contribution >= 0.6 is 11.3 Å². The van der Waals surface area contributed by atoms with Gasteiger partial charge in [-0.1, -0.05) is 6.92 Å². The topological polar surface area (TPSA) is 24.5 Å². The first-order valence-corrected chi connectivity index (χ1v) is 7.19. The summed E-state index contributed by atoms with van der Waals surface area (Å²) in [5.41, 5.74) is 0. The molecule has 0 aromatic carbocycles. The van der Waals surface area contributed by atoms with Gasteiger partial charge in [0.05, 0.1) is 13.2 Å². The maximum Gasteiger partial charge on any atom is 0.0635 e. The molecule has 0 amide bonds. The monoisotopic (exact) mass is 254 g/mol. The number of ether oxygens (including phenoxy) is 1. The quantitative estimate of drug-likeness (QED) is 0.866. The van der Waals surface area contributed by atoms with E-state index >= 15 is 0 Å². The Hall–Kier alpha value is -0.420. The van der Waals surface area contributed by atoms with E-state index in [1.165, 1.54) is 9.75 Å². The van der Waals surface area contributed by atoms with E-state index in [-0.39, 0.29) is 0 Å². The van der Waals surface area contributed by atoms with Crippen molar-refractivity contribution in [3.8, 4) is 0 Å². The third kappa shape index (κ3) is 3.52. The van der Waals surface area contributed by atoms with Gasteiger partial charge in [-0.15, -0.1) is 11.3 Å². The lowest BCUT2D eigenvalue weighted by molar-refractivity contribution is -0.00983. The second-order valence-electron chi connectivity index (χ2n) is 4.48. The zero-order valence-corrected chi connectivity index (χ0v) is 11.6. The van der Waals surface area contributed by atoms with Crippen LogP contribution < -0.4 is 5.32 Å². The van der Waals surface area contributed by atoms with E-state index in [0.717, 1.165) is 39.3 Å². The predicted octanol–water partition coefficient (Wildman–Crippen LogP) is 1.73. The Labute approximate surface area is 108 Å². The zero-order valence-electron chi connectivity index (χ0n) is 10.7. The molecule has 1 aliphatic rings. The van der Waals surface area contributed by atoms with E-state index < -0.39 is 0 Å². The molecule has 0 radical (unpaired) electrons. The Bertz CT molecular complexity index is 338. The summed E-state index contributed by atoms with van der Waals surface area (Å²) >= 11 is 1.94. The highest BCUT2D eigenvalue weighted by Gasteiger charge is 2.22. The van der Waals surface area contributed by atoms with Crippen molar-refractivity contribution in [2.45, 2.75) is 25.9 Å². The van der Waals surface area contributed by atoms with Crippen molar-refractivity contribution < 1.29 is 4.74 Å². The molecular weight excluding hydrogens is 232 g/mol. The van der Waals surface area contributed by atoms with Gasteiger partial charge in [0.1, 0.15) is 0 Å². The number of nitrogens with zero attached hydrogens (tertiary/aromatic N) is 1. The van der Waals surface area contributed by atoms with Crippen molar-refractivity contribution in [1.82, 2.24) is 10.2 Å².